The summed E-state index contributed by atoms with van der Waals surface area (Å²) in [6.45, 7) is 9.05. The fourth-order valence-corrected chi connectivity index (χ4v) is 5.12. The lowest BCUT2D eigenvalue weighted by molar-refractivity contribution is 0.669. The van der Waals surface area contributed by atoms with Crippen LogP contribution in [-0.4, -0.2) is 9.55 Å². The molecule has 168 valence electrons. The zero-order valence-corrected chi connectivity index (χ0v) is 20.0. The van der Waals surface area contributed by atoms with Gasteiger partial charge in [0, 0.05) is 22.0 Å². The van der Waals surface area contributed by atoms with Crippen molar-refractivity contribution in [3.63, 3.8) is 0 Å². The number of nitrogens with zero attached hydrogens (tertiary/aromatic N) is 2. The van der Waals surface area contributed by atoms with E-state index in [9.17, 15) is 0 Å². The number of para-hydroxylation sites is 3. The Bertz CT molecular complexity index is 1640. The molecule has 0 amide bonds. The first-order valence-corrected chi connectivity index (χ1v) is 12.0. The van der Waals surface area contributed by atoms with Crippen LogP contribution in [-0.2, 0) is 0 Å². The lowest BCUT2D eigenvalue weighted by Crippen LogP contribution is -2.05. The molecule has 3 heteroatoms. The van der Waals surface area contributed by atoms with Gasteiger partial charge in [0.25, 0.3) is 0 Å². The third kappa shape index (κ3) is 3.15. The Hall–Kier alpha value is -3.85. The van der Waals surface area contributed by atoms with Crippen LogP contribution in [0, 0.1) is 0 Å². The van der Waals surface area contributed by atoms with E-state index in [-0.39, 0.29) is 0 Å². The number of rotatable bonds is 4. The highest BCUT2D eigenvalue weighted by molar-refractivity contribution is 6.05. The number of hydrogen-bond acceptors (Lipinski definition) is 2. The predicted octanol–water partition coefficient (Wildman–Crippen LogP) is 8.84. The Kier molecular flexibility index (Phi) is 4.80. The SMILES string of the molecule is CC(C)c1cccc(C(C)C)c1-c1nc2ccccc2n1-c1ccc2oc3ccccc3c2c1. The molecule has 0 N–H and O–H groups in total. The number of hydrogen-bond donors (Lipinski definition) is 0. The van der Waals surface area contributed by atoms with Gasteiger partial charge < -0.3 is 4.42 Å². The van der Waals surface area contributed by atoms with Crippen LogP contribution < -0.4 is 0 Å². The van der Waals surface area contributed by atoms with Crippen LogP contribution in [0.2, 0.25) is 0 Å². The molecule has 6 aromatic rings. The maximum absolute atomic E-state index is 6.10. The fourth-order valence-electron chi connectivity index (χ4n) is 5.12. The third-order valence-corrected chi connectivity index (χ3v) is 6.78. The van der Waals surface area contributed by atoms with E-state index in [4.69, 9.17) is 9.40 Å². The van der Waals surface area contributed by atoms with E-state index in [0.717, 1.165) is 44.5 Å². The molecule has 34 heavy (non-hydrogen) atoms. The van der Waals surface area contributed by atoms with Crippen molar-refractivity contribution in [2.75, 3.05) is 0 Å². The second kappa shape index (κ2) is 7.88. The van der Waals surface area contributed by atoms with E-state index < -0.39 is 0 Å². The molecule has 0 saturated carbocycles. The van der Waals surface area contributed by atoms with Crippen LogP contribution >= 0.6 is 0 Å². The first kappa shape index (κ1) is 20.7. The van der Waals surface area contributed by atoms with Crippen molar-refractivity contribution in [1.82, 2.24) is 9.55 Å². The molecule has 2 heterocycles. The minimum absolute atomic E-state index is 0.391. The molecule has 0 spiro atoms. The molecule has 0 fully saturated rings. The number of imidazole rings is 1. The Labute approximate surface area is 199 Å². The van der Waals surface area contributed by atoms with Crippen molar-refractivity contribution in [2.24, 2.45) is 0 Å². The van der Waals surface area contributed by atoms with Crippen molar-refractivity contribution >= 4 is 33.0 Å². The molecule has 0 aliphatic rings. The minimum atomic E-state index is 0.391. The molecule has 2 aromatic heterocycles. The highest BCUT2D eigenvalue weighted by Gasteiger charge is 2.22. The van der Waals surface area contributed by atoms with Gasteiger partial charge in [0.15, 0.2) is 0 Å². The lowest BCUT2D eigenvalue weighted by Gasteiger charge is -2.20. The second-order valence-corrected chi connectivity index (χ2v) is 9.66. The zero-order valence-electron chi connectivity index (χ0n) is 20.0. The number of furan rings is 1. The summed E-state index contributed by atoms with van der Waals surface area (Å²) in [5.74, 6) is 1.78. The average Bonchev–Trinajstić information content (AvgIpc) is 3.41. The highest BCUT2D eigenvalue weighted by atomic mass is 16.3. The normalized spacial score (nSPS) is 12.1. The van der Waals surface area contributed by atoms with E-state index in [1.807, 2.05) is 12.1 Å². The molecule has 0 bridgehead atoms. The number of fused-ring (bicyclic) bond motifs is 4. The predicted molar refractivity (Wildman–Crippen MR) is 142 cm³/mol. The second-order valence-electron chi connectivity index (χ2n) is 9.66. The summed E-state index contributed by atoms with van der Waals surface area (Å²) in [5, 5.41) is 2.26. The van der Waals surface area contributed by atoms with Gasteiger partial charge in [-0.15, -0.1) is 0 Å². The highest BCUT2D eigenvalue weighted by Crippen LogP contribution is 2.39. The summed E-state index contributed by atoms with van der Waals surface area (Å²) >= 11 is 0. The zero-order chi connectivity index (χ0) is 23.4. The first-order chi connectivity index (χ1) is 16.5. The fraction of sp³-hybridized carbons (Fsp3) is 0.194. The van der Waals surface area contributed by atoms with E-state index in [0.29, 0.717) is 11.8 Å². The van der Waals surface area contributed by atoms with Gasteiger partial charge in [0.1, 0.15) is 17.0 Å². The smallest absolute Gasteiger partial charge is 0.146 e. The quantitative estimate of drug-likeness (QED) is 0.272. The van der Waals surface area contributed by atoms with Crippen molar-refractivity contribution in [3.8, 4) is 17.1 Å². The summed E-state index contributed by atoms with van der Waals surface area (Å²) in [5.41, 5.74) is 8.94. The van der Waals surface area contributed by atoms with Crippen molar-refractivity contribution in [3.05, 3.63) is 96.1 Å². The first-order valence-electron chi connectivity index (χ1n) is 12.0. The van der Waals surface area contributed by atoms with Gasteiger partial charge in [-0.1, -0.05) is 76.2 Å². The standard InChI is InChI=1S/C31H28N2O/c1-19(2)22-11-9-12-23(20(3)4)30(22)31-32-26-13-6-7-14-27(26)33(31)21-16-17-29-25(18-21)24-10-5-8-15-28(24)34-29/h5-20H,1-4H3. The topological polar surface area (TPSA) is 31.0 Å². The Morgan fingerprint density at radius 2 is 1.35 bits per heavy atom. The van der Waals surface area contributed by atoms with Gasteiger partial charge in [-0.2, -0.15) is 0 Å². The monoisotopic (exact) mass is 444 g/mol. The molecular formula is C31H28N2O. The minimum Gasteiger partial charge on any atom is -0.456 e. The van der Waals surface area contributed by atoms with Crippen molar-refractivity contribution < 1.29 is 4.42 Å². The van der Waals surface area contributed by atoms with Gasteiger partial charge >= 0.3 is 0 Å². The van der Waals surface area contributed by atoms with Gasteiger partial charge in [-0.05, 0) is 59.4 Å². The molecule has 0 saturated heterocycles. The molecule has 4 aromatic carbocycles. The average molecular weight is 445 g/mol. The van der Waals surface area contributed by atoms with Crippen LogP contribution in [0.4, 0.5) is 0 Å². The molecule has 6 rings (SSSR count). The van der Waals surface area contributed by atoms with E-state index in [1.165, 1.54) is 16.7 Å². The molecular weight excluding hydrogens is 416 g/mol. The van der Waals surface area contributed by atoms with E-state index in [2.05, 4.69) is 105 Å². The summed E-state index contributed by atoms with van der Waals surface area (Å²) in [7, 11) is 0. The van der Waals surface area contributed by atoms with Crippen LogP contribution in [0.5, 0.6) is 0 Å². The van der Waals surface area contributed by atoms with Crippen LogP contribution in [0.3, 0.4) is 0 Å². The van der Waals surface area contributed by atoms with Gasteiger partial charge in [0.05, 0.1) is 11.0 Å². The molecule has 0 aliphatic carbocycles. The molecule has 0 unspecified atom stereocenters. The maximum atomic E-state index is 6.10. The van der Waals surface area contributed by atoms with Crippen molar-refractivity contribution in [1.29, 1.82) is 0 Å². The van der Waals surface area contributed by atoms with Gasteiger partial charge in [-0.25, -0.2) is 4.98 Å². The lowest BCUT2D eigenvalue weighted by atomic mass is 9.88. The summed E-state index contributed by atoms with van der Waals surface area (Å²) in [6.07, 6.45) is 0. The number of benzene rings is 4. The Balaban J connectivity index is 1.71. The van der Waals surface area contributed by atoms with Crippen molar-refractivity contribution in [2.45, 2.75) is 39.5 Å². The Morgan fingerprint density at radius 1 is 0.676 bits per heavy atom. The van der Waals surface area contributed by atoms with Crippen LogP contribution in [0.1, 0.15) is 50.7 Å². The third-order valence-electron chi connectivity index (χ3n) is 6.78. The molecule has 0 radical (unpaired) electrons. The molecule has 3 nitrogen and oxygen atoms in total. The summed E-state index contributed by atoms with van der Waals surface area (Å²) < 4.78 is 8.43. The van der Waals surface area contributed by atoms with Gasteiger partial charge in [0.2, 0.25) is 0 Å². The Morgan fingerprint density at radius 3 is 2.12 bits per heavy atom. The number of aromatic nitrogens is 2. The van der Waals surface area contributed by atoms with Crippen LogP contribution in [0.15, 0.2) is 89.3 Å². The van der Waals surface area contributed by atoms with Gasteiger partial charge in [-0.3, -0.25) is 4.57 Å². The van der Waals surface area contributed by atoms with E-state index >= 15 is 0 Å². The molecule has 0 atom stereocenters. The molecule has 0 aliphatic heterocycles. The van der Waals surface area contributed by atoms with Crippen LogP contribution in [0.25, 0.3) is 50.0 Å². The largest absolute Gasteiger partial charge is 0.456 e. The maximum Gasteiger partial charge on any atom is 0.146 e. The van der Waals surface area contributed by atoms with E-state index in [1.54, 1.807) is 0 Å². The summed E-state index contributed by atoms with van der Waals surface area (Å²) in [6, 6.07) is 29.8. The summed E-state index contributed by atoms with van der Waals surface area (Å²) in [4.78, 5) is 5.21.